The number of aromatic amines is 1. The van der Waals surface area contributed by atoms with Crippen molar-refractivity contribution in [3.8, 4) is 0 Å². The number of benzene rings is 2. The number of carboxylic acids is 1. The van der Waals surface area contributed by atoms with Crippen molar-refractivity contribution in [3.63, 3.8) is 0 Å². The van der Waals surface area contributed by atoms with Crippen molar-refractivity contribution in [2.45, 2.75) is 43.4 Å². The van der Waals surface area contributed by atoms with Crippen molar-refractivity contribution in [1.29, 1.82) is 0 Å². The molecule has 3 aromatic rings. The summed E-state index contributed by atoms with van der Waals surface area (Å²) in [7, 11) is 0. The topological polar surface area (TPSA) is 166 Å². The number of H-pyrrole nitrogens is 1. The van der Waals surface area contributed by atoms with Crippen molar-refractivity contribution < 1.29 is 24.3 Å². The van der Waals surface area contributed by atoms with Crippen LogP contribution in [0.1, 0.15) is 17.5 Å². The highest BCUT2D eigenvalue weighted by molar-refractivity contribution is 7.98. The highest BCUT2D eigenvalue weighted by atomic mass is 32.2. The lowest BCUT2D eigenvalue weighted by molar-refractivity contribution is -0.142. The van der Waals surface area contributed by atoms with Gasteiger partial charge in [0.1, 0.15) is 18.1 Å². The Bertz CT molecular complexity index is 1300. The van der Waals surface area contributed by atoms with Gasteiger partial charge in [0.15, 0.2) is 0 Å². The molecular formula is C28H35N5O5S2. The van der Waals surface area contributed by atoms with Crippen LogP contribution in [0.15, 0.2) is 60.8 Å². The van der Waals surface area contributed by atoms with Crippen molar-refractivity contribution in [2.75, 3.05) is 17.8 Å². The first-order chi connectivity index (χ1) is 19.2. The number of carbonyl (C=O) groups is 4. The molecule has 0 saturated carbocycles. The van der Waals surface area contributed by atoms with E-state index in [1.165, 1.54) is 11.8 Å². The zero-order chi connectivity index (χ0) is 29.1. The molecule has 0 aliphatic rings. The fourth-order valence-corrected chi connectivity index (χ4v) is 4.93. The third kappa shape index (κ3) is 8.77. The fraction of sp³-hybridized carbons (Fsp3) is 0.357. The molecular weight excluding hydrogens is 550 g/mol. The van der Waals surface area contributed by atoms with Crippen LogP contribution >= 0.6 is 24.4 Å². The van der Waals surface area contributed by atoms with Crippen LogP contribution in [-0.2, 0) is 32.0 Å². The molecule has 7 N–H and O–H groups in total. The van der Waals surface area contributed by atoms with Crippen LogP contribution in [0.3, 0.4) is 0 Å². The van der Waals surface area contributed by atoms with Crippen LogP contribution in [0, 0.1) is 0 Å². The maximum Gasteiger partial charge on any atom is 0.326 e. The molecule has 12 heteroatoms. The van der Waals surface area contributed by atoms with Crippen LogP contribution < -0.4 is 21.7 Å². The summed E-state index contributed by atoms with van der Waals surface area (Å²) in [5.41, 5.74) is 8.54. The van der Waals surface area contributed by atoms with Crippen molar-refractivity contribution in [3.05, 3.63) is 71.9 Å². The summed E-state index contributed by atoms with van der Waals surface area (Å²) < 4.78 is 0. The molecule has 4 atom stereocenters. The van der Waals surface area contributed by atoms with Crippen molar-refractivity contribution in [1.82, 2.24) is 20.9 Å². The molecule has 0 bridgehead atoms. The standard InChI is InChI=1S/C28H35N5O5S2/c1-40-12-11-22(26(35)32-23(28(37)38)14-18-15-30-21-10-6-5-9-19(18)21)31-27(36)24(16-39)33-25(34)20(29)13-17-7-3-2-4-8-17/h2-10,15,20,22-24,30,39H,11-14,16,29H2,1H3,(H,31,36)(H,32,35)(H,33,34)(H,37,38). The first kappa shape index (κ1) is 31.1. The van der Waals surface area contributed by atoms with Gasteiger partial charge >= 0.3 is 5.97 Å². The number of aromatic nitrogens is 1. The molecule has 1 heterocycles. The lowest BCUT2D eigenvalue weighted by atomic mass is 10.0. The van der Waals surface area contributed by atoms with Gasteiger partial charge in [0.2, 0.25) is 17.7 Å². The molecule has 3 rings (SSSR count). The smallest absolute Gasteiger partial charge is 0.326 e. The summed E-state index contributed by atoms with van der Waals surface area (Å²) in [6, 6.07) is 12.6. The molecule has 0 saturated heterocycles. The molecule has 40 heavy (non-hydrogen) atoms. The molecule has 2 aromatic carbocycles. The lowest BCUT2D eigenvalue weighted by Crippen LogP contribution is -2.58. The maximum absolute atomic E-state index is 13.2. The third-order valence-electron chi connectivity index (χ3n) is 6.41. The molecule has 0 spiro atoms. The predicted octanol–water partition coefficient (Wildman–Crippen LogP) is 1.50. The van der Waals surface area contributed by atoms with Crippen LogP contribution in [0.2, 0.25) is 0 Å². The summed E-state index contributed by atoms with van der Waals surface area (Å²) in [5, 5.41) is 18.5. The minimum atomic E-state index is -1.21. The Hall–Kier alpha value is -3.48. The highest BCUT2D eigenvalue weighted by Gasteiger charge is 2.30. The van der Waals surface area contributed by atoms with E-state index in [1.807, 2.05) is 60.9 Å². The summed E-state index contributed by atoms with van der Waals surface area (Å²) in [6.45, 7) is 0. The summed E-state index contributed by atoms with van der Waals surface area (Å²) in [4.78, 5) is 54.1. The van der Waals surface area contributed by atoms with E-state index in [4.69, 9.17) is 5.73 Å². The van der Waals surface area contributed by atoms with Gasteiger partial charge < -0.3 is 31.8 Å². The van der Waals surface area contributed by atoms with E-state index in [2.05, 4.69) is 33.6 Å². The zero-order valence-electron chi connectivity index (χ0n) is 22.1. The van der Waals surface area contributed by atoms with Gasteiger partial charge in [0, 0.05) is 29.3 Å². The number of rotatable bonds is 15. The maximum atomic E-state index is 13.2. The average molecular weight is 586 g/mol. The molecule has 3 amide bonds. The Morgan fingerprint density at radius 1 is 0.900 bits per heavy atom. The molecule has 0 radical (unpaired) electrons. The number of hydrogen-bond acceptors (Lipinski definition) is 7. The number of amides is 3. The number of para-hydroxylation sites is 1. The Morgan fingerprint density at radius 3 is 2.20 bits per heavy atom. The van der Waals surface area contributed by atoms with Crippen molar-refractivity contribution in [2.24, 2.45) is 5.73 Å². The predicted molar refractivity (Wildman–Crippen MR) is 160 cm³/mol. The summed E-state index contributed by atoms with van der Waals surface area (Å²) in [5.74, 6) is -2.43. The summed E-state index contributed by atoms with van der Waals surface area (Å²) >= 11 is 5.68. The highest BCUT2D eigenvalue weighted by Crippen LogP contribution is 2.19. The van der Waals surface area contributed by atoms with E-state index in [9.17, 15) is 24.3 Å². The number of thiol groups is 1. The van der Waals surface area contributed by atoms with Gasteiger partial charge in [0.05, 0.1) is 6.04 Å². The van der Waals surface area contributed by atoms with E-state index in [1.54, 1.807) is 6.20 Å². The molecule has 10 nitrogen and oxygen atoms in total. The third-order valence-corrected chi connectivity index (χ3v) is 7.42. The van der Waals surface area contributed by atoms with Crippen LogP contribution in [0.5, 0.6) is 0 Å². The van der Waals surface area contributed by atoms with Gasteiger partial charge in [-0.05, 0) is 42.0 Å². The van der Waals surface area contributed by atoms with E-state index in [0.717, 1.165) is 22.0 Å². The number of nitrogens with one attached hydrogen (secondary N) is 4. The molecule has 0 aliphatic carbocycles. The Kier molecular flexibility index (Phi) is 11.9. The average Bonchev–Trinajstić information content (AvgIpc) is 3.36. The Labute approximate surface area is 242 Å². The van der Waals surface area contributed by atoms with Gasteiger partial charge in [-0.15, -0.1) is 0 Å². The van der Waals surface area contributed by atoms with E-state index in [-0.39, 0.29) is 18.6 Å². The second kappa shape index (κ2) is 15.3. The van der Waals surface area contributed by atoms with Crippen LogP contribution in [0.25, 0.3) is 10.9 Å². The fourth-order valence-electron chi connectivity index (χ4n) is 4.20. The zero-order valence-corrected chi connectivity index (χ0v) is 23.8. The minimum absolute atomic E-state index is 0.0230. The first-order valence-corrected chi connectivity index (χ1v) is 14.8. The molecule has 4 unspecified atom stereocenters. The number of hydrogen-bond donors (Lipinski definition) is 7. The number of thioether (sulfide) groups is 1. The first-order valence-electron chi connectivity index (χ1n) is 12.8. The van der Waals surface area contributed by atoms with Gasteiger partial charge in [-0.3, -0.25) is 14.4 Å². The second-order valence-electron chi connectivity index (χ2n) is 9.35. The SMILES string of the molecule is CSCCC(NC(=O)C(CS)NC(=O)C(N)Cc1ccccc1)C(=O)NC(Cc1c[nH]c2ccccc12)C(=O)O. The van der Waals surface area contributed by atoms with E-state index < -0.39 is 47.9 Å². The van der Waals surface area contributed by atoms with Crippen LogP contribution in [0.4, 0.5) is 0 Å². The molecule has 0 fully saturated rings. The van der Waals surface area contributed by atoms with Gasteiger partial charge in [-0.2, -0.15) is 24.4 Å². The molecule has 1 aromatic heterocycles. The van der Waals surface area contributed by atoms with Crippen molar-refractivity contribution >= 4 is 59.0 Å². The monoisotopic (exact) mass is 585 g/mol. The number of carboxylic acid groups (broad SMARTS) is 1. The number of carbonyl (C=O) groups excluding carboxylic acids is 3. The minimum Gasteiger partial charge on any atom is -0.480 e. The summed E-state index contributed by atoms with van der Waals surface area (Å²) in [6.07, 6.45) is 4.20. The number of fused-ring (bicyclic) bond motifs is 1. The van der Waals surface area contributed by atoms with E-state index in [0.29, 0.717) is 12.2 Å². The quantitative estimate of drug-likeness (QED) is 0.133. The van der Waals surface area contributed by atoms with Gasteiger partial charge in [-0.1, -0.05) is 48.5 Å². The van der Waals surface area contributed by atoms with Gasteiger partial charge in [-0.25, -0.2) is 4.79 Å². The van der Waals surface area contributed by atoms with E-state index >= 15 is 0 Å². The van der Waals surface area contributed by atoms with Gasteiger partial charge in [0.25, 0.3) is 0 Å². The number of aliphatic carboxylic acids is 1. The van der Waals surface area contributed by atoms with Crippen LogP contribution in [-0.4, -0.2) is 75.7 Å². The number of nitrogens with two attached hydrogens (primary N) is 1. The Morgan fingerprint density at radius 2 is 1.52 bits per heavy atom. The molecule has 214 valence electrons. The molecule has 0 aliphatic heterocycles. The second-order valence-corrected chi connectivity index (χ2v) is 10.7. The normalized spacial score (nSPS) is 14.1. The lowest BCUT2D eigenvalue weighted by Gasteiger charge is -2.24. The Balaban J connectivity index is 1.64. The largest absolute Gasteiger partial charge is 0.480 e.